The van der Waals surface area contributed by atoms with Gasteiger partial charge in [0.2, 0.25) is 11.8 Å². The van der Waals surface area contributed by atoms with E-state index >= 15 is 0 Å². The summed E-state index contributed by atoms with van der Waals surface area (Å²) in [6, 6.07) is 11.4. The Morgan fingerprint density at radius 1 is 1.04 bits per heavy atom. The Kier molecular flexibility index (Phi) is 4.25. The number of primary amides is 1. The third-order valence-corrected chi connectivity index (χ3v) is 4.79. The lowest BCUT2D eigenvalue weighted by Gasteiger charge is -2.26. The summed E-state index contributed by atoms with van der Waals surface area (Å²) in [5.74, 6) is -3.19. The van der Waals surface area contributed by atoms with Crippen molar-refractivity contribution in [2.75, 3.05) is 11.4 Å². The lowest BCUT2D eigenvalue weighted by Crippen LogP contribution is -2.40. The Balaban J connectivity index is 1.77. The highest BCUT2D eigenvalue weighted by atomic mass is 16.7. The Bertz CT molecular complexity index is 943. The second-order valence-electron chi connectivity index (χ2n) is 6.67. The zero-order valence-corrected chi connectivity index (χ0v) is 14.6. The number of amides is 3. The van der Waals surface area contributed by atoms with Gasteiger partial charge >= 0.3 is 0 Å². The van der Waals surface area contributed by atoms with E-state index in [4.69, 9.17) is 10.6 Å². The SMILES string of the molecule is NC(=O)CN1OC2C(=O)N(c3ccccc3)C(=O)C2C1c1cc(O)cc(O)c1. The predicted molar refractivity (Wildman–Crippen MR) is 95.7 cm³/mol. The lowest BCUT2D eigenvalue weighted by molar-refractivity contribution is -0.175. The molecular weight excluding hydrogens is 366 g/mol. The maximum Gasteiger partial charge on any atom is 0.265 e. The van der Waals surface area contributed by atoms with Crippen LogP contribution in [0.4, 0.5) is 5.69 Å². The van der Waals surface area contributed by atoms with Crippen LogP contribution >= 0.6 is 0 Å². The van der Waals surface area contributed by atoms with E-state index in [1.54, 1.807) is 30.3 Å². The fourth-order valence-electron chi connectivity index (χ4n) is 3.75. The first-order chi connectivity index (χ1) is 13.4. The molecule has 2 fully saturated rings. The molecule has 2 aromatic rings. The number of hydrogen-bond donors (Lipinski definition) is 3. The number of fused-ring (bicyclic) bond motifs is 1. The number of nitrogens with two attached hydrogens (primary N) is 1. The molecule has 2 saturated heterocycles. The third kappa shape index (κ3) is 2.86. The summed E-state index contributed by atoms with van der Waals surface area (Å²) in [6.07, 6.45) is -1.14. The van der Waals surface area contributed by atoms with Gasteiger partial charge in [0.25, 0.3) is 5.91 Å². The monoisotopic (exact) mass is 383 g/mol. The van der Waals surface area contributed by atoms with Crippen molar-refractivity contribution in [3.63, 3.8) is 0 Å². The fraction of sp³-hybridized carbons (Fsp3) is 0.211. The largest absolute Gasteiger partial charge is 0.508 e. The number of aromatic hydroxyl groups is 2. The first-order valence-corrected chi connectivity index (χ1v) is 8.54. The van der Waals surface area contributed by atoms with Crippen LogP contribution in [0.3, 0.4) is 0 Å². The first-order valence-electron chi connectivity index (χ1n) is 8.54. The van der Waals surface area contributed by atoms with E-state index in [1.165, 1.54) is 12.1 Å². The minimum atomic E-state index is -1.14. The minimum absolute atomic E-state index is 0.228. The number of hydroxylamine groups is 2. The Morgan fingerprint density at radius 2 is 1.68 bits per heavy atom. The molecule has 4 N–H and O–H groups in total. The van der Waals surface area contributed by atoms with Gasteiger partial charge in [0, 0.05) is 6.07 Å². The second kappa shape index (κ2) is 6.63. The number of nitrogens with zero attached hydrogens (tertiary/aromatic N) is 2. The van der Waals surface area contributed by atoms with Crippen LogP contribution in [0.25, 0.3) is 0 Å². The molecule has 144 valence electrons. The average Bonchev–Trinajstić information content (AvgIpc) is 3.10. The van der Waals surface area contributed by atoms with Crippen LogP contribution in [0.1, 0.15) is 11.6 Å². The molecule has 9 heteroatoms. The maximum absolute atomic E-state index is 13.1. The molecule has 0 aromatic heterocycles. The van der Waals surface area contributed by atoms with E-state index in [2.05, 4.69) is 0 Å². The summed E-state index contributed by atoms with van der Waals surface area (Å²) in [5, 5.41) is 20.8. The molecule has 2 aliphatic heterocycles. The normalized spacial score (nSPS) is 24.6. The Labute approximate surface area is 159 Å². The number of para-hydroxylation sites is 1. The summed E-state index contributed by atoms with van der Waals surface area (Å²) in [4.78, 5) is 44.2. The van der Waals surface area contributed by atoms with E-state index in [0.717, 1.165) is 16.0 Å². The van der Waals surface area contributed by atoms with Crippen LogP contribution in [-0.4, -0.2) is 45.6 Å². The standard InChI is InChI=1S/C19H17N3O6/c20-14(25)9-21-16(10-6-12(23)8-13(24)7-10)15-17(28-21)19(27)22(18(15)26)11-4-2-1-3-5-11/h1-8,15-17,23-24H,9H2,(H2,20,25). The van der Waals surface area contributed by atoms with Gasteiger partial charge in [0.15, 0.2) is 6.10 Å². The van der Waals surface area contributed by atoms with Crippen LogP contribution in [0.2, 0.25) is 0 Å². The van der Waals surface area contributed by atoms with Crippen LogP contribution in [0.5, 0.6) is 11.5 Å². The minimum Gasteiger partial charge on any atom is -0.508 e. The quantitative estimate of drug-likeness (QED) is 0.652. The molecule has 0 saturated carbocycles. The number of anilines is 1. The highest BCUT2D eigenvalue weighted by Crippen LogP contribution is 2.46. The van der Waals surface area contributed by atoms with E-state index in [9.17, 15) is 24.6 Å². The smallest absolute Gasteiger partial charge is 0.265 e. The molecule has 28 heavy (non-hydrogen) atoms. The molecule has 3 unspecified atom stereocenters. The molecule has 2 aliphatic rings. The van der Waals surface area contributed by atoms with E-state index in [1.807, 2.05) is 0 Å². The number of phenols is 2. The van der Waals surface area contributed by atoms with Crippen LogP contribution in [0.15, 0.2) is 48.5 Å². The van der Waals surface area contributed by atoms with E-state index in [0.29, 0.717) is 11.3 Å². The van der Waals surface area contributed by atoms with Crippen molar-refractivity contribution in [2.24, 2.45) is 11.7 Å². The van der Waals surface area contributed by atoms with Crippen LogP contribution in [-0.2, 0) is 19.2 Å². The summed E-state index contributed by atoms with van der Waals surface area (Å²) >= 11 is 0. The van der Waals surface area contributed by atoms with E-state index in [-0.39, 0.29) is 18.0 Å². The number of benzene rings is 2. The summed E-state index contributed by atoms with van der Waals surface area (Å²) in [5.41, 5.74) is 6.00. The van der Waals surface area contributed by atoms with Gasteiger partial charge in [-0.25, -0.2) is 4.90 Å². The Hall–Kier alpha value is -3.43. The van der Waals surface area contributed by atoms with Gasteiger partial charge in [-0.1, -0.05) is 18.2 Å². The van der Waals surface area contributed by atoms with E-state index < -0.39 is 35.8 Å². The van der Waals surface area contributed by atoms with Crippen molar-refractivity contribution in [2.45, 2.75) is 12.1 Å². The van der Waals surface area contributed by atoms with Crippen LogP contribution in [0, 0.1) is 5.92 Å². The summed E-state index contributed by atoms with van der Waals surface area (Å²) in [6.45, 7) is -0.361. The lowest BCUT2D eigenvalue weighted by atomic mass is 9.90. The van der Waals surface area contributed by atoms with Gasteiger partial charge in [0.1, 0.15) is 18.0 Å². The number of hydrogen-bond acceptors (Lipinski definition) is 7. The van der Waals surface area contributed by atoms with Gasteiger partial charge in [-0.05, 0) is 29.8 Å². The van der Waals surface area contributed by atoms with Gasteiger partial charge in [-0.3, -0.25) is 19.2 Å². The van der Waals surface area contributed by atoms with Crippen molar-refractivity contribution in [3.8, 4) is 11.5 Å². The fourth-order valence-corrected chi connectivity index (χ4v) is 3.75. The van der Waals surface area contributed by atoms with Crippen molar-refractivity contribution >= 4 is 23.4 Å². The van der Waals surface area contributed by atoms with Gasteiger partial charge in [-0.15, -0.1) is 0 Å². The molecule has 0 bridgehead atoms. The Morgan fingerprint density at radius 3 is 2.29 bits per heavy atom. The average molecular weight is 383 g/mol. The molecule has 0 spiro atoms. The maximum atomic E-state index is 13.1. The van der Waals surface area contributed by atoms with Crippen molar-refractivity contribution in [3.05, 3.63) is 54.1 Å². The molecular formula is C19H17N3O6. The molecule has 3 atom stereocenters. The van der Waals surface area contributed by atoms with Gasteiger partial charge in [0.05, 0.1) is 17.6 Å². The molecule has 3 amide bonds. The second-order valence-corrected chi connectivity index (χ2v) is 6.67. The van der Waals surface area contributed by atoms with Gasteiger partial charge < -0.3 is 15.9 Å². The highest BCUT2D eigenvalue weighted by Gasteiger charge is 2.60. The summed E-state index contributed by atoms with van der Waals surface area (Å²) < 4.78 is 0. The number of rotatable bonds is 4. The number of carbonyl (C=O) groups excluding carboxylic acids is 3. The van der Waals surface area contributed by atoms with Crippen molar-refractivity contribution in [1.82, 2.24) is 5.06 Å². The molecule has 2 aromatic carbocycles. The first kappa shape index (κ1) is 18.0. The third-order valence-electron chi connectivity index (χ3n) is 4.79. The topological polar surface area (TPSA) is 133 Å². The molecule has 2 heterocycles. The highest BCUT2D eigenvalue weighted by molar-refractivity contribution is 6.23. The number of phenolic OH excluding ortho intramolecular Hbond substituents is 2. The van der Waals surface area contributed by atoms with Crippen molar-refractivity contribution < 1.29 is 29.4 Å². The summed E-state index contributed by atoms with van der Waals surface area (Å²) in [7, 11) is 0. The zero-order valence-electron chi connectivity index (χ0n) is 14.6. The molecule has 0 aliphatic carbocycles. The molecule has 4 rings (SSSR count). The van der Waals surface area contributed by atoms with Crippen LogP contribution < -0.4 is 10.6 Å². The predicted octanol–water partition coefficient (Wildman–Crippen LogP) is 0.430. The van der Waals surface area contributed by atoms with Gasteiger partial charge in [-0.2, -0.15) is 5.06 Å². The zero-order chi connectivity index (χ0) is 20.0. The number of carbonyl (C=O) groups is 3. The van der Waals surface area contributed by atoms with Crippen molar-refractivity contribution in [1.29, 1.82) is 0 Å². The molecule has 9 nitrogen and oxygen atoms in total. The molecule has 0 radical (unpaired) electrons. The number of imide groups is 1.